The second-order valence-electron chi connectivity index (χ2n) is 3.42. The van der Waals surface area contributed by atoms with Gasteiger partial charge in [-0.25, -0.2) is 0 Å². The molecule has 0 saturated carbocycles. The average Bonchev–Trinajstić information content (AvgIpc) is 2.36. The second kappa shape index (κ2) is 7.32. The fraction of sp³-hybridized carbons (Fsp3) is 0. The van der Waals surface area contributed by atoms with Gasteiger partial charge in [0, 0.05) is 10.0 Å². The molecule has 0 aliphatic heterocycles. The molecule has 1 nitrogen and oxygen atoms in total. The van der Waals surface area contributed by atoms with Crippen molar-refractivity contribution in [2.24, 2.45) is 0 Å². The Bertz CT molecular complexity index is 521. The number of anilines is 1. The van der Waals surface area contributed by atoms with Crippen molar-refractivity contribution in [1.29, 1.82) is 0 Å². The van der Waals surface area contributed by atoms with E-state index in [-0.39, 0.29) is 0 Å². The van der Waals surface area contributed by atoms with Crippen LogP contribution in [0, 0.1) is 0 Å². The largest absolute Gasteiger partial charge is 0.397 e. The Kier molecular flexibility index (Phi) is 6.06. The van der Waals surface area contributed by atoms with Crippen LogP contribution in [0.5, 0.6) is 0 Å². The van der Waals surface area contributed by atoms with Crippen molar-refractivity contribution >= 4 is 46.6 Å². The van der Waals surface area contributed by atoms with Crippen LogP contribution in [0.3, 0.4) is 0 Å². The fourth-order valence-electron chi connectivity index (χ4n) is 1.11. The lowest BCUT2D eigenvalue weighted by Crippen LogP contribution is -1.83. The van der Waals surface area contributed by atoms with Crippen LogP contribution in [0.4, 0.5) is 5.69 Å². The summed E-state index contributed by atoms with van der Waals surface area (Å²) in [6.07, 6.45) is 1.79. The number of halogens is 3. The summed E-state index contributed by atoms with van der Waals surface area (Å²) in [5, 5.41) is 1.91. The molecule has 0 saturated heterocycles. The monoisotopic (exact) mass is 299 g/mol. The zero-order chi connectivity index (χ0) is 13.5. The van der Waals surface area contributed by atoms with Crippen LogP contribution < -0.4 is 5.73 Å². The Morgan fingerprint density at radius 3 is 1.89 bits per heavy atom. The van der Waals surface area contributed by atoms with E-state index in [1.165, 1.54) is 0 Å². The number of benzene rings is 2. The van der Waals surface area contributed by atoms with Crippen LogP contribution in [0.2, 0.25) is 15.1 Å². The number of nitrogens with two attached hydrogens (primary N) is 1. The Balaban J connectivity index is 0.000000180. The summed E-state index contributed by atoms with van der Waals surface area (Å²) in [4.78, 5) is 0. The maximum Gasteiger partial charge on any atom is 0.0636 e. The molecule has 0 amide bonds. The molecule has 0 unspecified atom stereocenters. The lowest BCUT2D eigenvalue weighted by atomic mass is 10.2. The minimum Gasteiger partial charge on any atom is -0.397 e. The molecule has 0 heterocycles. The molecule has 2 aromatic rings. The maximum atomic E-state index is 5.63. The minimum absolute atomic E-state index is 0.518. The van der Waals surface area contributed by atoms with E-state index in [1.807, 2.05) is 24.3 Å². The van der Waals surface area contributed by atoms with E-state index in [9.17, 15) is 0 Å². The molecule has 2 rings (SSSR count). The van der Waals surface area contributed by atoms with E-state index in [2.05, 4.69) is 6.58 Å². The van der Waals surface area contributed by atoms with E-state index in [0.29, 0.717) is 15.7 Å². The normalized spacial score (nSPS) is 9.28. The topological polar surface area (TPSA) is 26.0 Å². The average molecular weight is 301 g/mol. The predicted molar refractivity (Wildman–Crippen MR) is 82.4 cm³/mol. The van der Waals surface area contributed by atoms with Gasteiger partial charge in [-0.05, 0) is 35.9 Å². The number of hydrogen-bond donors (Lipinski definition) is 1. The molecule has 0 bridgehead atoms. The van der Waals surface area contributed by atoms with E-state index < -0.39 is 0 Å². The molecule has 94 valence electrons. The van der Waals surface area contributed by atoms with Crippen molar-refractivity contribution in [2.75, 3.05) is 5.73 Å². The van der Waals surface area contributed by atoms with Crippen molar-refractivity contribution in [3.05, 3.63) is 69.7 Å². The van der Waals surface area contributed by atoms with Gasteiger partial charge in [0.05, 0.1) is 10.7 Å². The molecule has 0 aromatic heterocycles. The summed E-state index contributed by atoms with van der Waals surface area (Å²) >= 11 is 16.8. The Morgan fingerprint density at radius 1 is 0.889 bits per heavy atom. The first-order valence-electron chi connectivity index (χ1n) is 5.11. The van der Waals surface area contributed by atoms with Gasteiger partial charge in [-0.15, -0.1) is 0 Å². The molecular weight excluding hydrogens is 289 g/mol. The highest BCUT2D eigenvalue weighted by atomic mass is 35.5. The van der Waals surface area contributed by atoms with Gasteiger partial charge in [-0.3, -0.25) is 0 Å². The number of nitrogen functional groups attached to an aromatic ring is 1. The third kappa shape index (κ3) is 5.01. The van der Waals surface area contributed by atoms with Crippen molar-refractivity contribution in [2.45, 2.75) is 0 Å². The molecule has 0 fully saturated rings. The Hall–Kier alpha value is -1.15. The fourth-order valence-corrected chi connectivity index (χ4v) is 1.54. The summed E-state index contributed by atoms with van der Waals surface area (Å²) in [6, 6.07) is 12.5. The third-order valence-electron chi connectivity index (χ3n) is 2.06. The standard InChI is InChI=1S/C8H7Cl.C6H5Cl2N/c1-2-7-3-5-8(9)6-4-7;7-4-1-2-5(8)6(9)3-4/h2-6H,1H2;1-3H,9H2. The quantitative estimate of drug-likeness (QED) is 0.686. The van der Waals surface area contributed by atoms with Gasteiger partial charge in [0.1, 0.15) is 0 Å². The van der Waals surface area contributed by atoms with Gasteiger partial charge in [0.25, 0.3) is 0 Å². The van der Waals surface area contributed by atoms with Crippen LogP contribution in [-0.4, -0.2) is 0 Å². The van der Waals surface area contributed by atoms with Gasteiger partial charge < -0.3 is 5.73 Å². The van der Waals surface area contributed by atoms with Gasteiger partial charge in [0.2, 0.25) is 0 Å². The molecule has 2 aromatic carbocycles. The van der Waals surface area contributed by atoms with Gasteiger partial charge in [-0.2, -0.15) is 0 Å². The van der Waals surface area contributed by atoms with Gasteiger partial charge in [-0.1, -0.05) is 59.6 Å². The number of hydrogen-bond acceptors (Lipinski definition) is 1. The van der Waals surface area contributed by atoms with Gasteiger partial charge >= 0.3 is 0 Å². The maximum absolute atomic E-state index is 5.63. The van der Waals surface area contributed by atoms with E-state index in [4.69, 9.17) is 40.5 Å². The van der Waals surface area contributed by atoms with Crippen LogP contribution in [0.15, 0.2) is 49.0 Å². The zero-order valence-corrected chi connectivity index (χ0v) is 11.8. The van der Waals surface area contributed by atoms with Crippen LogP contribution in [0.25, 0.3) is 6.08 Å². The molecule has 0 spiro atoms. The first-order valence-corrected chi connectivity index (χ1v) is 6.25. The molecule has 0 radical (unpaired) electrons. The smallest absolute Gasteiger partial charge is 0.0636 e. The summed E-state index contributed by atoms with van der Waals surface area (Å²) in [5.74, 6) is 0. The van der Waals surface area contributed by atoms with Crippen molar-refractivity contribution in [3.63, 3.8) is 0 Å². The van der Waals surface area contributed by atoms with Crippen molar-refractivity contribution in [3.8, 4) is 0 Å². The second-order valence-corrected chi connectivity index (χ2v) is 4.70. The highest BCUT2D eigenvalue weighted by molar-refractivity contribution is 6.35. The minimum atomic E-state index is 0.518. The van der Waals surface area contributed by atoms with Crippen molar-refractivity contribution in [1.82, 2.24) is 0 Å². The molecular formula is C14H12Cl3N. The summed E-state index contributed by atoms with van der Waals surface area (Å²) in [7, 11) is 0. The molecule has 0 aliphatic rings. The van der Waals surface area contributed by atoms with Crippen LogP contribution >= 0.6 is 34.8 Å². The lowest BCUT2D eigenvalue weighted by Gasteiger charge is -1.95. The Morgan fingerprint density at radius 2 is 1.44 bits per heavy atom. The zero-order valence-electron chi connectivity index (χ0n) is 9.54. The molecule has 18 heavy (non-hydrogen) atoms. The Labute approximate surface area is 122 Å². The van der Waals surface area contributed by atoms with E-state index in [0.717, 1.165) is 10.6 Å². The first-order chi connectivity index (χ1) is 8.52. The van der Waals surface area contributed by atoms with Crippen LogP contribution in [0.1, 0.15) is 5.56 Å². The summed E-state index contributed by atoms with van der Waals surface area (Å²) in [6.45, 7) is 3.62. The lowest BCUT2D eigenvalue weighted by molar-refractivity contribution is 1.66. The molecule has 4 heteroatoms. The SMILES string of the molecule is C=Cc1ccc(Cl)cc1.Nc1cc(Cl)ccc1Cl. The number of rotatable bonds is 1. The van der Waals surface area contributed by atoms with Gasteiger partial charge in [0.15, 0.2) is 0 Å². The van der Waals surface area contributed by atoms with Crippen LogP contribution in [-0.2, 0) is 0 Å². The first kappa shape index (κ1) is 14.9. The molecule has 0 aliphatic carbocycles. The van der Waals surface area contributed by atoms with E-state index in [1.54, 1.807) is 24.3 Å². The molecule has 2 N–H and O–H groups in total. The molecule has 0 atom stereocenters. The van der Waals surface area contributed by atoms with E-state index >= 15 is 0 Å². The highest BCUT2D eigenvalue weighted by Crippen LogP contribution is 2.21. The predicted octanol–water partition coefficient (Wildman–Crippen LogP) is 5.56. The summed E-state index contributed by atoms with van der Waals surface area (Å²) < 4.78 is 0. The highest BCUT2D eigenvalue weighted by Gasteiger charge is 1.93. The van der Waals surface area contributed by atoms with Crippen molar-refractivity contribution < 1.29 is 0 Å². The summed E-state index contributed by atoms with van der Waals surface area (Å²) in [5.41, 5.74) is 7.02. The third-order valence-corrected chi connectivity index (χ3v) is 2.90.